The summed E-state index contributed by atoms with van der Waals surface area (Å²) in [6.07, 6.45) is 7.11. The Morgan fingerprint density at radius 2 is 1.87 bits per heavy atom. The first-order chi connectivity index (χ1) is 29.5. The number of phenols is 1. The van der Waals surface area contributed by atoms with Gasteiger partial charge in [0.25, 0.3) is 5.91 Å². The Morgan fingerprint density at radius 1 is 1.10 bits per heavy atom. The maximum atomic E-state index is 14.6. The average Bonchev–Trinajstić information content (AvgIpc) is 3.98. The monoisotopic (exact) mass is 848 g/mol. The number of nitrogens with one attached hydrogen (secondary N) is 2. The fourth-order valence-electron chi connectivity index (χ4n) is 9.48. The number of cyclic esters (lactones) is 1. The predicted molar refractivity (Wildman–Crippen MR) is 235 cm³/mol. The number of carbonyl (C=O) groups is 5. The number of esters is 1. The van der Waals surface area contributed by atoms with E-state index in [1.54, 1.807) is 28.8 Å². The van der Waals surface area contributed by atoms with Gasteiger partial charge in [-0.15, -0.1) is 0 Å². The van der Waals surface area contributed by atoms with Gasteiger partial charge >= 0.3 is 5.97 Å². The smallest absolute Gasteiger partial charge is 0.324 e. The van der Waals surface area contributed by atoms with Crippen molar-refractivity contribution in [2.45, 2.75) is 91.4 Å². The third kappa shape index (κ3) is 8.99. The standard InChI is InChI=1S/C47H60N8O7/c1-9-40(57)53-17-15-31(26-53)44(59)52(8)41(28(3)4)43(58)49-38-20-29-18-32(21-34(56)19-29)30-13-14-39-35(22-30)36(42(54(39)10-2)33-24-48-51(7)25-33)23-47(5,6)27-62-46(61)37-12-11-16-55(50-37)45(38)60/h9,13-14,18-19,21-22,24-25,28,31,37-38,41,50,56H,1,10-12,15-17,20,23,26-27H2,2-8H3,(H,49,58)/t31-,37-,38-,41?/m0/s1. The Kier molecular flexibility index (Phi) is 12.7. The lowest BCUT2D eigenvalue weighted by Crippen LogP contribution is -2.62. The number of ether oxygens (including phenoxy) is 1. The molecule has 2 fully saturated rings. The van der Waals surface area contributed by atoms with Crippen molar-refractivity contribution in [2.24, 2.45) is 24.3 Å². The number of nitrogens with zero attached hydrogens (tertiary/aromatic N) is 6. The van der Waals surface area contributed by atoms with Gasteiger partial charge in [-0.25, -0.2) is 5.43 Å². The van der Waals surface area contributed by atoms with E-state index in [1.807, 2.05) is 45.4 Å². The number of aromatic hydroxyl groups is 1. The summed E-state index contributed by atoms with van der Waals surface area (Å²) in [6.45, 7) is 15.3. The van der Waals surface area contributed by atoms with Gasteiger partial charge in [0.1, 0.15) is 23.9 Å². The van der Waals surface area contributed by atoms with Crippen LogP contribution in [0, 0.1) is 17.3 Å². The molecule has 7 rings (SSSR count). The molecule has 3 aliphatic heterocycles. The zero-order valence-electron chi connectivity index (χ0n) is 36.9. The number of aromatic nitrogens is 3. The van der Waals surface area contributed by atoms with E-state index in [2.05, 4.69) is 59.9 Å². The SMILES string of the molecule is C=CC(=O)N1CC[C@H](C(=O)N(C)C(C(=O)N[C@H]2Cc3cc(O)cc(c3)-c3ccc4c(c3)c(c(-c3cnn(C)c3)n4CC)CC(C)(C)COC(=O)[C@@H]3CCCN(N3)C2=O)C(C)C)C1. The normalized spacial score (nSPS) is 21.1. The number of fused-ring (bicyclic) bond motifs is 6. The highest BCUT2D eigenvalue weighted by Crippen LogP contribution is 2.40. The van der Waals surface area contributed by atoms with Crippen LogP contribution in [0.5, 0.6) is 5.75 Å². The van der Waals surface area contributed by atoms with E-state index in [9.17, 15) is 29.1 Å². The summed E-state index contributed by atoms with van der Waals surface area (Å²) in [4.78, 5) is 72.0. The number of amides is 4. The van der Waals surface area contributed by atoms with E-state index in [0.29, 0.717) is 44.3 Å². The van der Waals surface area contributed by atoms with E-state index in [0.717, 1.165) is 38.9 Å². The average molecular weight is 849 g/mol. The molecule has 2 aromatic carbocycles. The Morgan fingerprint density at radius 3 is 2.56 bits per heavy atom. The summed E-state index contributed by atoms with van der Waals surface area (Å²) in [6, 6.07) is 8.55. The first-order valence-corrected chi connectivity index (χ1v) is 21.7. The minimum absolute atomic E-state index is 0.00195. The second-order valence-electron chi connectivity index (χ2n) is 18.2. The van der Waals surface area contributed by atoms with Crippen molar-refractivity contribution in [3.8, 4) is 28.1 Å². The van der Waals surface area contributed by atoms with Crippen molar-refractivity contribution in [1.29, 1.82) is 0 Å². The molecule has 0 saturated carbocycles. The zero-order valence-corrected chi connectivity index (χ0v) is 36.9. The van der Waals surface area contributed by atoms with Crippen LogP contribution in [0.4, 0.5) is 0 Å². The zero-order chi connectivity index (χ0) is 44.6. The topological polar surface area (TPSA) is 171 Å². The number of hydrogen-bond donors (Lipinski definition) is 3. The van der Waals surface area contributed by atoms with Crippen molar-refractivity contribution in [2.75, 3.05) is 33.3 Å². The summed E-state index contributed by atoms with van der Waals surface area (Å²) in [5.74, 6) is -2.80. The molecule has 330 valence electrons. The maximum absolute atomic E-state index is 14.6. The number of likely N-dealkylation sites (N-methyl/N-ethyl adjacent to an activating group) is 1. The molecule has 4 aromatic rings. The van der Waals surface area contributed by atoms with Gasteiger partial charge in [-0.05, 0) is 91.1 Å². The largest absolute Gasteiger partial charge is 0.508 e. The summed E-state index contributed by atoms with van der Waals surface area (Å²) >= 11 is 0. The molecule has 15 heteroatoms. The van der Waals surface area contributed by atoms with Crippen LogP contribution in [-0.4, -0.2) is 115 Å². The number of hydrogen-bond acceptors (Lipinski definition) is 9. The summed E-state index contributed by atoms with van der Waals surface area (Å²) in [5, 5.41) is 21.1. The molecule has 3 N–H and O–H groups in total. The van der Waals surface area contributed by atoms with Crippen LogP contribution in [0.1, 0.15) is 65.0 Å². The molecule has 15 nitrogen and oxygen atoms in total. The Bertz CT molecular complexity index is 2400. The molecule has 5 heterocycles. The molecule has 6 bridgehead atoms. The van der Waals surface area contributed by atoms with Gasteiger partial charge in [-0.3, -0.25) is 33.7 Å². The van der Waals surface area contributed by atoms with Crippen LogP contribution in [0.3, 0.4) is 0 Å². The molecule has 4 atom stereocenters. The first kappa shape index (κ1) is 44.1. The van der Waals surface area contributed by atoms with Gasteiger partial charge in [0.05, 0.1) is 24.4 Å². The first-order valence-electron chi connectivity index (χ1n) is 21.7. The number of benzene rings is 2. The van der Waals surface area contributed by atoms with Crippen LogP contribution in [-0.2, 0) is 55.1 Å². The highest BCUT2D eigenvalue weighted by molar-refractivity contribution is 5.96. The van der Waals surface area contributed by atoms with Gasteiger partial charge in [0.15, 0.2) is 0 Å². The van der Waals surface area contributed by atoms with Crippen molar-refractivity contribution in [3.05, 3.63) is 72.6 Å². The van der Waals surface area contributed by atoms with Gasteiger partial charge in [0, 0.05) is 74.8 Å². The van der Waals surface area contributed by atoms with E-state index < -0.39 is 47.2 Å². The molecule has 0 aliphatic carbocycles. The van der Waals surface area contributed by atoms with Crippen LogP contribution >= 0.6 is 0 Å². The molecule has 1 unspecified atom stereocenters. The lowest BCUT2D eigenvalue weighted by Gasteiger charge is -2.37. The van der Waals surface area contributed by atoms with Gasteiger partial charge < -0.3 is 29.5 Å². The second-order valence-corrected chi connectivity index (χ2v) is 18.2. The van der Waals surface area contributed by atoms with E-state index in [1.165, 1.54) is 16.0 Å². The highest BCUT2D eigenvalue weighted by atomic mass is 16.5. The van der Waals surface area contributed by atoms with Gasteiger partial charge in [0.2, 0.25) is 17.7 Å². The molecule has 3 aliphatic rings. The third-order valence-electron chi connectivity index (χ3n) is 12.5. The van der Waals surface area contributed by atoms with Gasteiger partial charge in [-0.1, -0.05) is 46.4 Å². The second kappa shape index (κ2) is 17.8. The Labute approximate surface area is 363 Å². The number of carbonyl (C=O) groups excluding carboxylic acids is 5. The summed E-state index contributed by atoms with van der Waals surface area (Å²) in [5.41, 5.74) is 8.93. The summed E-state index contributed by atoms with van der Waals surface area (Å²) in [7, 11) is 3.47. The van der Waals surface area contributed by atoms with E-state index in [-0.39, 0.29) is 49.6 Å². The fourth-order valence-corrected chi connectivity index (χ4v) is 9.48. The van der Waals surface area contributed by atoms with Gasteiger partial charge in [-0.2, -0.15) is 5.10 Å². The number of hydrazine groups is 1. The van der Waals surface area contributed by atoms with E-state index in [4.69, 9.17) is 4.74 Å². The molecule has 2 saturated heterocycles. The fraction of sp³-hybridized carbons (Fsp3) is 0.489. The van der Waals surface area contributed by atoms with Crippen molar-refractivity contribution < 1.29 is 33.8 Å². The number of aryl methyl sites for hydroxylation is 2. The number of likely N-dealkylation sites (tertiary alicyclic amines) is 1. The van der Waals surface area contributed by atoms with Crippen molar-refractivity contribution >= 4 is 40.5 Å². The maximum Gasteiger partial charge on any atom is 0.324 e. The Hall–Kier alpha value is -5.96. The molecule has 62 heavy (non-hydrogen) atoms. The molecule has 4 amide bonds. The predicted octanol–water partition coefficient (Wildman–Crippen LogP) is 4.60. The Balaban J connectivity index is 1.28. The number of phenolic OH excluding ortho intramolecular Hbond substituents is 1. The molecule has 0 spiro atoms. The quantitative estimate of drug-likeness (QED) is 0.169. The highest BCUT2D eigenvalue weighted by Gasteiger charge is 2.40. The van der Waals surface area contributed by atoms with Crippen molar-refractivity contribution in [1.82, 2.24) is 39.9 Å². The molecular formula is C47H60N8O7. The third-order valence-corrected chi connectivity index (χ3v) is 12.5. The van der Waals surface area contributed by atoms with Crippen LogP contribution < -0.4 is 10.7 Å². The molecule has 0 radical (unpaired) electrons. The molecular weight excluding hydrogens is 789 g/mol. The lowest BCUT2D eigenvalue weighted by molar-refractivity contribution is -0.155. The summed E-state index contributed by atoms with van der Waals surface area (Å²) < 4.78 is 10.1. The van der Waals surface area contributed by atoms with Crippen LogP contribution in [0.2, 0.25) is 0 Å². The number of rotatable bonds is 8. The van der Waals surface area contributed by atoms with Crippen LogP contribution in [0.15, 0.2) is 61.4 Å². The van der Waals surface area contributed by atoms with Crippen molar-refractivity contribution in [3.63, 3.8) is 0 Å². The van der Waals surface area contributed by atoms with Crippen LogP contribution in [0.25, 0.3) is 33.3 Å². The minimum Gasteiger partial charge on any atom is -0.508 e. The molecule has 2 aromatic heterocycles. The van der Waals surface area contributed by atoms with E-state index >= 15 is 0 Å². The minimum atomic E-state index is -1.15. The lowest BCUT2D eigenvalue weighted by atomic mass is 9.84.